The number of hydrogen-bond donors (Lipinski definition) is 1. The number of nitrogens with one attached hydrogen (secondary N) is 1. The quantitative estimate of drug-likeness (QED) is 0.639. The standard InChI is InChI=1S/C22H27N5O3/c1-15(7-9-19-6-4-12-29-19)24-21(28)18-5-3-11-27(14-18)20-10-8-17(13-23-20)22-25-16(2)26-30-22/h4,6,8,10,12-13,15,18H,3,5,7,9,11,14H2,1-2H3,(H,24,28)/t15-,18+/m1/s1. The first kappa shape index (κ1) is 20.1. The first-order chi connectivity index (χ1) is 14.6. The van der Waals surface area contributed by atoms with Crippen LogP contribution in [0.2, 0.25) is 0 Å². The van der Waals surface area contributed by atoms with Crippen LogP contribution in [0.4, 0.5) is 5.82 Å². The molecular weight excluding hydrogens is 382 g/mol. The minimum Gasteiger partial charge on any atom is -0.469 e. The van der Waals surface area contributed by atoms with Crippen LogP contribution < -0.4 is 10.2 Å². The van der Waals surface area contributed by atoms with Crippen molar-refractivity contribution in [3.63, 3.8) is 0 Å². The maximum atomic E-state index is 12.8. The summed E-state index contributed by atoms with van der Waals surface area (Å²) in [5, 5.41) is 6.97. The van der Waals surface area contributed by atoms with E-state index in [9.17, 15) is 4.79 Å². The number of aromatic nitrogens is 3. The monoisotopic (exact) mass is 409 g/mol. The van der Waals surface area contributed by atoms with Crippen molar-refractivity contribution >= 4 is 11.7 Å². The SMILES string of the molecule is Cc1noc(-c2ccc(N3CCC[C@H](C(=O)N[C@H](C)CCc4ccco4)C3)nc2)n1. The van der Waals surface area contributed by atoms with Crippen LogP contribution in [0.25, 0.3) is 11.5 Å². The highest BCUT2D eigenvalue weighted by atomic mass is 16.5. The predicted molar refractivity (Wildman–Crippen MR) is 112 cm³/mol. The molecule has 0 spiro atoms. The second-order valence-corrected chi connectivity index (χ2v) is 7.86. The van der Waals surface area contributed by atoms with Crippen molar-refractivity contribution < 1.29 is 13.7 Å². The molecule has 4 rings (SSSR count). The largest absolute Gasteiger partial charge is 0.469 e. The van der Waals surface area contributed by atoms with Gasteiger partial charge in [0.15, 0.2) is 5.82 Å². The molecule has 0 unspecified atom stereocenters. The summed E-state index contributed by atoms with van der Waals surface area (Å²) in [5.74, 6) is 2.95. The van der Waals surface area contributed by atoms with Crippen molar-refractivity contribution in [1.29, 1.82) is 0 Å². The van der Waals surface area contributed by atoms with Crippen molar-refractivity contribution in [3.8, 4) is 11.5 Å². The molecule has 1 amide bonds. The van der Waals surface area contributed by atoms with E-state index >= 15 is 0 Å². The smallest absolute Gasteiger partial charge is 0.259 e. The van der Waals surface area contributed by atoms with Gasteiger partial charge in [-0.15, -0.1) is 0 Å². The van der Waals surface area contributed by atoms with Crippen LogP contribution in [0.3, 0.4) is 0 Å². The number of hydrogen-bond acceptors (Lipinski definition) is 7. The average Bonchev–Trinajstić information content (AvgIpc) is 3.44. The molecule has 8 nitrogen and oxygen atoms in total. The van der Waals surface area contributed by atoms with Gasteiger partial charge in [-0.25, -0.2) is 4.98 Å². The molecule has 1 fully saturated rings. The van der Waals surface area contributed by atoms with Crippen molar-refractivity contribution in [2.75, 3.05) is 18.0 Å². The Morgan fingerprint density at radius 3 is 2.97 bits per heavy atom. The van der Waals surface area contributed by atoms with Gasteiger partial charge in [-0.1, -0.05) is 5.16 Å². The molecule has 0 aliphatic carbocycles. The fourth-order valence-electron chi connectivity index (χ4n) is 3.76. The van der Waals surface area contributed by atoms with Gasteiger partial charge in [-0.3, -0.25) is 4.79 Å². The zero-order valence-corrected chi connectivity index (χ0v) is 17.4. The molecule has 1 N–H and O–H groups in total. The van der Waals surface area contributed by atoms with E-state index in [1.165, 1.54) is 0 Å². The van der Waals surface area contributed by atoms with Crippen LogP contribution in [-0.2, 0) is 11.2 Å². The molecule has 0 aromatic carbocycles. The Labute approximate surface area is 175 Å². The molecule has 30 heavy (non-hydrogen) atoms. The lowest BCUT2D eigenvalue weighted by Crippen LogP contribution is -2.45. The van der Waals surface area contributed by atoms with Gasteiger partial charge >= 0.3 is 0 Å². The van der Waals surface area contributed by atoms with Gasteiger partial charge in [0.25, 0.3) is 5.89 Å². The van der Waals surface area contributed by atoms with Crippen LogP contribution in [-0.4, -0.2) is 40.2 Å². The van der Waals surface area contributed by atoms with E-state index in [0.717, 1.165) is 49.4 Å². The fourth-order valence-corrected chi connectivity index (χ4v) is 3.76. The number of aryl methyl sites for hydroxylation is 2. The number of rotatable bonds is 7. The van der Waals surface area contributed by atoms with Crippen LogP contribution in [0.5, 0.6) is 0 Å². The van der Waals surface area contributed by atoms with Crippen molar-refractivity contribution in [2.24, 2.45) is 5.92 Å². The van der Waals surface area contributed by atoms with Crippen molar-refractivity contribution in [2.45, 2.75) is 45.6 Å². The van der Waals surface area contributed by atoms with Gasteiger partial charge in [0.1, 0.15) is 11.6 Å². The minimum atomic E-state index is -0.0371. The Kier molecular flexibility index (Phi) is 6.11. The van der Waals surface area contributed by atoms with Crippen LogP contribution in [0, 0.1) is 12.8 Å². The molecule has 1 aliphatic heterocycles. The molecule has 1 aliphatic rings. The molecule has 0 bridgehead atoms. The van der Waals surface area contributed by atoms with E-state index in [0.29, 0.717) is 18.3 Å². The van der Waals surface area contributed by atoms with Gasteiger partial charge in [-0.2, -0.15) is 4.98 Å². The summed E-state index contributed by atoms with van der Waals surface area (Å²) in [7, 11) is 0. The van der Waals surface area contributed by atoms with E-state index in [2.05, 4.69) is 25.3 Å². The lowest BCUT2D eigenvalue weighted by Gasteiger charge is -2.33. The third kappa shape index (κ3) is 4.87. The third-order valence-corrected chi connectivity index (χ3v) is 5.43. The molecule has 4 heterocycles. The van der Waals surface area contributed by atoms with E-state index < -0.39 is 0 Å². The Morgan fingerprint density at radius 2 is 2.27 bits per heavy atom. The normalized spacial score (nSPS) is 17.7. The maximum absolute atomic E-state index is 12.8. The maximum Gasteiger partial charge on any atom is 0.259 e. The summed E-state index contributed by atoms with van der Waals surface area (Å²) >= 11 is 0. The molecule has 3 aromatic heterocycles. The highest BCUT2D eigenvalue weighted by Crippen LogP contribution is 2.24. The average molecular weight is 409 g/mol. The Morgan fingerprint density at radius 1 is 1.37 bits per heavy atom. The third-order valence-electron chi connectivity index (χ3n) is 5.43. The zero-order valence-electron chi connectivity index (χ0n) is 17.4. The number of pyridine rings is 1. The summed E-state index contributed by atoms with van der Waals surface area (Å²) in [6.45, 7) is 5.39. The molecule has 2 atom stereocenters. The summed E-state index contributed by atoms with van der Waals surface area (Å²) in [5.41, 5.74) is 0.788. The van der Waals surface area contributed by atoms with Crippen molar-refractivity contribution in [1.82, 2.24) is 20.4 Å². The Bertz CT molecular complexity index is 952. The number of furan rings is 1. The number of anilines is 1. The lowest BCUT2D eigenvalue weighted by molar-refractivity contribution is -0.125. The molecule has 8 heteroatoms. The molecule has 1 saturated heterocycles. The summed E-state index contributed by atoms with van der Waals surface area (Å²) < 4.78 is 10.6. The Balaban J connectivity index is 1.31. The van der Waals surface area contributed by atoms with Gasteiger partial charge in [0, 0.05) is 31.7 Å². The van der Waals surface area contributed by atoms with Crippen molar-refractivity contribution in [3.05, 3.63) is 48.3 Å². The molecule has 0 radical (unpaired) electrons. The van der Waals surface area contributed by atoms with Gasteiger partial charge in [0.05, 0.1) is 17.7 Å². The van der Waals surface area contributed by atoms with Gasteiger partial charge in [-0.05, 0) is 57.4 Å². The highest BCUT2D eigenvalue weighted by molar-refractivity contribution is 5.79. The summed E-state index contributed by atoms with van der Waals surface area (Å²) in [4.78, 5) is 23.7. The summed E-state index contributed by atoms with van der Waals surface area (Å²) in [6.07, 6.45) is 6.95. The number of carbonyl (C=O) groups excluding carboxylic acids is 1. The first-order valence-electron chi connectivity index (χ1n) is 10.4. The molecular formula is C22H27N5O3. The van der Waals surface area contributed by atoms with E-state index in [1.807, 2.05) is 31.2 Å². The minimum absolute atomic E-state index is 0.0371. The second kappa shape index (κ2) is 9.11. The van der Waals surface area contributed by atoms with Gasteiger partial charge < -0.3 is 19.2 Å². The number of carbonyl (C=O) groups is 1. The highest BCUT2D eigenvalue weighted by Gasteiger charge is 2.27. The first-order valence-corrected chi connectivity index (χ1v) is 10.4. The van der Waals surface area contributed by atoms with E-state index in [-0.39, 0.29) is 17.9 Å². The topological polar surface area (TPSA) is 97.3 Å². The second-order valence-electron chi connectivity index (χ2n) is 7.86. The molecule has 0 saturated carbocycles. The molecule has 3 aromatic rings. The van der Waals surface area contributed by atoms with E-state index in [4.69, 9.17) is 8.94 Å². The number of piperidine rings is 1. The summed E-state index contributed by atoms with van der Waals surface area (Å²) in [6, 6.07) is 7.83. The predicted octanol–water partition coefficient (Wildman–Crippen LogP) is 3.39. The van der Waals surface area contributed by atoms with E-state index in [1.54, 1.807) is 19.4 Å². The number of amides is 1. The molecule has 158 valence electrons. The van der Waals surface area contributed by atoms with Gasteiger partial charge in [0.2, 0.25) is 5.91 Å². The number of nitrogens with zero attached hydrogens (tertiary/aromatic N) is 4. The van der Waals surface area contributed by atoms with Crippen LogP contribution in [0.15, 0.2) is 45.7 Å². The van der Waals surface area contributed by atoms with Crippen LogP contribution in [0.1, 0.15) is 37.8 Å². The zero-order chi connectivity index (χ0) is 20.9. The van der Waals surface area contributed by atoms with Crippen LogP contribution >= 0.6 is 0 Å². The fraction of sp³-hybridized carbons (Fsp3) is 0.455. The lowest BCUT2D eigenvalue weighted by atomic mass is 9.96. The Hall–Kier alpha value is -3.16.